The third-order valence-electron chi connectivity index (χ3n) is 3.20. The molecule has 1 fully saturated rings. The number of rotatable bonds is 6. The topological polar surface area (TPSA) is 50.4 Å². The maximum absolute atomic E-state index is 11.7. The first kappa shape index (κ1) is 15.6. The Morgan fingerprint density at radius 2 is 2.30 bits per heavy atom. The van der Waals surface area contributed by atoms with Crippen molar-refractivity contribution in [2.75, 3.05) is 19.7 Å². The molecule has 0 bridgehead atoms. The van der Waals surface area contributed by atoms with Crippen LogP contribution in [0.1, 0.15) is 18.4 Å². The molecule has 0 spiro atoms. The lowest BCUT2D eigenvalue weighted by Crippen LogP contribution is -2.41. The molecule has 1 aromatic rings. The summed E-state index contributed by atoms with van der Waals surface area (Å²) < 4.78 is 5.49. The molecule has 1 atom stereocenters. The molecule has 0 saturated carbocycles. The van der Waals surface area contributed by atoms with Crippen LogP contribution in [0.15, 0.2) is 18.2 Å². The van der Waals surface area contributed by atoms with Gasteiger partial charge in [0.25, 0.3) is 0 Å². The predicted molar refractivity (Wildman–Crippen MR) is 80.2 cm³/mol. The molecule has 2 rings (SSSR count). The van der Waals surface area contributed by atoms with E-state index in [0.717, 1.165) is 24.9 Å². The monoisotopic (exact) mass is 316 g/mol. The fraction of sp³-hybridized carbons (Fsp3) is 0.500. The Balaban J connectivity index is 1.62. The van der Waals surface area contributed by atoms with E-state index in [1.54, 1.807) is 12.1 Å². The van der Waals surface area contributed by atoms with Crippen LogP contribution >= 0.6 is 23.2 Å². The summed E-state index contributed by atoms with van der Waals surface area (Å²) in [4.78, 5) is 11.7. The van der Waals surface area contributed by atoms with Gasteiger partial charge in [-0.1, -0.05) is 29.3 Å². The fourth-order valence-electron chi connectivity index (χ4n) is 2.10. The summed E-state index contributed by atoms with van der Waals surface area (Å²) >= 11 is 11.9. The van der Waals surface area contributed by atoms with Crippen LogP contribution in [0.4, 0.5) is 0 Å². The van der Waals surface area contributed by atoms with Crippen molar-refractivity contribution in [3.05, 3.63) is 33.8 Å². The first-order valence-corrected chi connectivity index (χ1v) is 7.45. The van der Waals surface area contributed by atoms with E-state index < -0.39 is 0 Å². The molecule has 110 valence electrons. The SMILES string of the molecule is O=C(NCCOCc1ccc(Cl)cc1Cl)C1CCCN1. The van der Waals surface area contributed by atoms with Crippen molar-refractivity contribution in [2.24, 2.45) is 0 Å². The number of carbonyl (C=O) groups excluding carboxylic acids is 1. The van der Waals surface area contributed by atoms with Crippen LogP contribution in [0.2, 0.25) is 10.0 Å². The van der Waals surface area contributed by atoms with Gasteiger partial charge in [-0.25, -0.2) is 0 Å². The van der Waals surface area contributed by atoms with E-state index in [1.165, 1.54) is 0 Å². The Kier molecular flexibility index (Phi) is 6.10. The van der Waals surface area contributed by atoms with Gasteiger partial charge in [0.2, 0.25) is 5.91 Å². The number of hydrogen-bond donors (Lipinski definition) is 2. The molecule has 1 aliphatic heterocycles. The lowest BCUT2D eigenvalue weighted by atomic mass is 10.2. The second-order valence-electron chi connectivity index (χ2n) is 4.73. The Morgan fingerprint density at radius 1 is 1.45 bits per heavy atom. The van der Waals surface area contributed by atoms with E-state index in [0.29, 0.717) is 29.8 Å². The van der Waals surface area contributed by atoms with Gasteiger partial charge in [0, 0.05) is 16.6 Å². The molecule has 1 amide bonds. The summed E-state index contributed by atoms with van der Waals surface area (Å²) in [6.45, 7) is 2.29. The molecule has 4 nitrogen and oxygen atoms in total. The van der Waals surface area contributed by atoms with Crippen molar-refractivity contribution in [3.63, 3.8) is 0 Å². The van der Waals surface area contributed by atoms with Crippen LogP contribution < -0.4 is 10.6 Å². The number of ether oxygens (including phenoxy) is 1. The van der Waals surface area contributed by atoms with Crippen molar-refractivity contribution in [1.82, 2.24) is 10.6 Å². The zero-order valence-corrected chi connectivity index (χ0v) is 12.6. The molecule has 1 aromatic carbocycles. The van der Waals surface area contributed by atoms with Gasteiger partial charge >= 0.3 is 0 Å². The van der Waals surface area contributed by atoms with Gasteiger partial charge in [-0.15, -0.1) is 0 Å². The molecular weight excluding hydrogens is 299 g/mol. The highest BCUT2D eigenvalue weighted by atomic mass is 35.5. The molecule has 0 aromatic heterocycles. The first-order chi connectivity index (χ1) is 9.66. The van der Waals surface area contributed by atoms with Crippen molar-refractivity contribution >= 4 is 29.1 Å². The molecule has 1 heterocycles. The van der Waals surface area contributed by atoms with Crippen molar-refractivity contribution in [1.29, 1.82) is 0 Å². The maximum Gasteiger partial charge on any atom is 0.237 e. The molecule has 2 N–H and O–H groups in total. The van der Waals surface area contributed by atoms with E-state index in [9.17, 15) is 4.79 Å². The number of carbonyl (C=O) groups is 1. The number of hydrogen-bond acceptors (Lipinski definition) is 3. The molecule has 0 aliphatic carbocycles. The second-order valence-corrected chi connectivity index (χ2v) is 5.57. The average molecular weight is 317 g/mol. The van der Waals surface area contributed by atoms with Gasteiger partial charge in [-0.3, -0.25) is 4.79 Å². The summed E-state index contributed by atoms with van der Waals surface area (Å²) in [5.41, 5.74) is 0.889. The highest BCUT2D eigenvalue weighted by molar-refractivity contribution is 6.35. The summed E-state index contributed by atoms with van der Waals surface area (Å²) in [7, 11) is 0. The normalized spacial score (nSPS) is 18.2. The minimum atomic E-state index is -0.0410. The zero-order valence-electron chi connectivity index (χ0n) is 11.1. The Labute approximate surface area is 128 Å². The van der Waals surface area contributed by atoms with E-state index in [1.807, 2.05) is 6.07 Å². The van der Waals surface area contributed by atoms with Gasteiger partial charge < -0.3 is 15.4 Å². The molecular formula is C14H18Cl2N2O2. The van der Waals surface area contributed by atoms with Gasteiger partial charge in [-0.2, -0.15) is 0 Å². The minimum absolute atomic E-state index is 0.0410. The fourth-order valence-corrected chi connectivity index (χ4v) is 2.56. The minimum Gasteiger partial charge on any atom is -0.375 e. The number of halogens is 2. The average Bonchev–Trinajstić information content (AvgIpc) is 2.94. The van der Waals surface area contributed by atoms with Crippen LogP contribution in [0.3, 0.4) is 0 Å². The highest BCUT2D eigenvalue weighted by Crippen LogP contribution is 2.21. The van der Waals surface area contributed by atoms with E-state index in [4.69, 9.17) is 27.9 Å². The van der Waals surface area contributed by atoms with Gasteiger partial charge in [-0.05, 0) is 37.1 Å². The Morgan fingerprint density at radius 3 is 3.00 bits per heavy atom. The third-order valence-corrected chi connectivity index (χ3v) is 3.78. The quantitative estimate of drug-likeness (QED) is 0.792. The second kappa shape index (κ2) is 7.84. The van der Waals surface area contributed by atoms with Crippen LogP contribution in [0.5, 0.6) is 0 Å². The molecule has 0 radical (unpaired) electrons. The van der Waals surface area contributed by atoms with Crippen LogP contribution in [0.25, 0.3) is 0 Å². The van der Waals surface area contributed by atoms with Crippen molar-refractivity contribution in [3.8, 4) is 0 Å². The van der Waals surface area contributed by atoms with Gasteiger partial charge in [0.15, 0.2) is 0 Å². The summed E-state index contributed by atoms with van der Waals surface area (Å²) in [6.07, 6.45) is 1.97. The molecule has 1 aliphatic rings. The number of amides is 1. The summed E-state index contributed by atoms with van der Waals surface area (Å²) in [6, 6.07) is 5.27. The van der Waals surface area contributed by atoms with E-state index >= 15 is 0 Å². The number of benzene rings is 1. The molecule has 20 heavy (non-hydrogen) atoms. The lowest BCUT2D eigenvalue weighted by molar-refractivity contribution is -0.123. The smallest absolute Gasteiger partial charge is 0.237 e. The lowest BCUT2D eigenvalue weighted by Gasteiger charge is -2.11. The molecule has 1 saturated heterocycles. The van der Waals surface area contributed by atoms with Gasteiger partial charge in [0.05, 0.1) is 19.3 Å². The first-order valence-electron chi connectivity index (χ1n) is 6.69. The largest absolute Gasteiger partial charge is 0.375 e. The zero-order chi connectivity index (χ0) is 14.4. The standard InChI is InChI=1S/C14H18Cl2N2O2/c15-11-4-3-10(12(16)8-11)9-20-7-6-18-14(19)13-2-1-5-17-13/h3-4,8,13,17H,1-2,5-7,9H2,(H,18,19). The maximum atomic E-state index is 11.7. The summed E-state index contributed by atoms with van der Waals surface area (Å²) in [5, 5.41) is 7.21. The van der Waals surface area contributed by atoms with Crippen LogP contribution in [0, 0.1) is 0 Å². The van der Waals surface area contributed by atoms with Crippen LogP contribution in [-0.2, 0) is 16.1 Å². The van der Waals surface area contributed by atoms with Gasteiger partial charge in [0.1, 0.15) is 0 Å². The molecule has 6 heteroatoms. The van der Waals surface area contributed by atoms with E-state index in [2.05, 4.69) is 10.6 Å². The van der Waals surface area contributed by atoms with E-state index in [-0.39, 0.29) is 11.9 Å². The number of nitrogens with one attached hydrogen (secondary N) is 2. The Hall–Kier alpha value is -0.810. The highest BCUT2D eigenvalue weighted by Gasteiger charge is 2.21. The summed E-state index contributed by atoms with van der Waals surface area (Å²) in [5.74, 6) is 0.0515. The molecule has 1 unspecified atom stereocenters. The predicted octanol–water partition coefficient (Wildman–Crippen LogP) is 2.38. The van der Waals surface area contributed by atoms with Crippen molar-refractivity contribution < 1.29 is 9.53 Å². The Bertz CT molecular complexity index is 462. The third kappa shape index (κ3) is 4.63. The van der Waals surface area contributed by atoms with Crippen LogP contribution in [-0.4, -0.2) is 31.6 Å². The van der Waals surface area contributed by atoms with Crippen molar-refractivity contribution in [2.45, 2.75) is 25.5 Å².